The maximum Gasteiger partial charge on any atom is 0.0244 e. The van der Waals surface area contributed by atoms with Crippen LogP contribution in [0.3, 0.4) is 0 Å². The first-order chi connectivity index (χ1) is 9.08. The standard InChI is InChI=1S/C16H25BrN2/c1-12(10-18-15-8-9-15)13(2)19(3)11-14-6-4-5-7-16(14)17/h4-7,12-13,15,18H,8-11H2,1-3H3. The average Bonchev–Trinajstić information content (AvgIpc) is 3.21. The topological polar surface area (TPSA) is 15.3 Å². The van der Waals surface area contributed by atoms with Gasteiger partial charge in [-0.15, -0.1) is 0 Å². The molecule has 1 saturated carbocycles. The normalized spacial score (nSPS) is 18.6. The van der Waals surface area contributed by atoms with Crippen LogP contribution in [-0.4, -0.2) is 30.6 Å². The molecule has 0 spiro atoms. The van der Waals surface area contributed by atoms with Gasteiger partial charge in [-0.3, -0.25) is 4.90 Å². The Bertz CT molecular complexity index is 403. The minimum Gasteiger partial charge on any atom is -0.314 e. The largest absolute Gasteiger partial charge is 0.314 e. The van der Waals surface area contributed by atoms with Gasteiger partial charge in [-0.1, -0.05) is 41.1 Å². The molecule has 19 heavy (non-hydrogen) atoms. The van der Waals surface area contributed by atoms with Crippen LogP contribution in [0.5, 0.6) is 0 Å². The number of nitrogens with one attached hydrogen (secondary N) is 1. The molecule has 1 aliphatic rings. The van der Waals surface area contributed by atoms with Crippen LogP contribution < -0.4 is 5.32 Å². The van der Waals surface area contributed by atoms with E-state index < -0.39 is 0 Å². The Morgan fingerprint density at radius 2 is 2.00 bits per heavy atom. The van der Waals surface area contributed by atoms with Crippen LogP contribution in [0, 0.1) is 5.92 Å². The Morgan fingerprint density at radius 1 is 1.32 bits per heavy atom. The molecule has 0 amide bonds. The van der Waals surface area contributed by atoms with E-state index in [4.69, 9.17) is 0 Å². The van der Waals surface area contributed by atoms with Gasteiger partial charge in [0.1, 0.15) is 0 Å². The minimum absolute atomic E-state index is 0.582. The van der Waals surface area contributed by atoms with Crippen LogP contribution in [0.4, 0.5) is 0 Å². The summed E-state index contributed by atoms with van der Waals surface area (Å²) in [7, 11) is 2.22. The molecule has 2 nitrogen and oxygen atoms in total. The molecule has 1 fully saturated rings. The van der Waals surface area contributed by atoms with Gasteiger partial charge in [-0.25, -0.2) is 0 Å². The van der Waals surface area contributed by atoms with Crippen molar-refractivity contribution in [2.45, 2.75) is 45.3 Å². The molecule has 3 heteroatoms. The van der Waals surface area contributed by atoms with E-state index in [1.807, 2.05) is 0 Å². The third-order valence-corrected chi connectivity index (χ3v) is 4.98. The number of benzene rings is 1. The van der Waals surface area contributed by atoms with E-state index in [-0.39, 0.29) is 0 Å². The van der Waals surface area contributed by atoms with Crippen molar-refractivity contribution in [2.75, 3.05) is 13.6 Å². The SMILES string of the molecule is CC(CNC1CC1)C(C)N(C)Cc1ccccc1Br. The van der Waals surface area contributed by atoms with Gasteiger partial charge in [0.2, 0.25) is 0 Å². The second kappa shape index (κ2) is 6.87. The summed E-state index contributed by atoms with van der Waals surface area (Å²) in [6.07, 6.45) is 2.74. The van der Waals surface area contributed by atoms with Crippen LogP contribution in [0.25, 0.3) is 0 Å². The van der Waals surface area contributed by atoms with Crippen LogP contribution in [-0.2, 0) is 6.54 Å². The molecule has 0 heterocycles. The number of hydrogen-bond acceptors (Lipinski definition) is 2. The first-order valence-electron chi connectivity index (χ1n) is 7.25. The highest BCUT2D eigenvalue weighted by atomic mass is 79.9. The zero-order valence-electron chi connectivity index (χ0n) is 12.2. The van der Waals surface area contributed by atoms with E-state index in [1.165, 1.54) is 22.9 Å². The summed E-state index contributed by atoms with van der Waals surface area (Å²) in [5.41, 5.74) is 1.36. The Kier molecular flexibility index (Phi) is 5.43. The summed E-state index contributed by atoms with van der Waals surface area (Å²) in [6.45, 7) is 6.80. The fourth-order valence-electron chi connectivity index (χ4n) is 2.28. The second-order valence-corrected chi connectivity index (χ2v) is 6.76. The van der Waals surface area contributed by atoms with E-state index in [0.717, 1.165) is 19.1 Å². The van der Waals surface area contributed by atoms with E-state index in [1.54, 1.807) is 0 Å². The molecule has 2 rings (SSSR count). The Hall–Kier alpha value is -0.380. The number of nitrogens with zero attached hydrogens (tertiary/aromatic N) is 1. The Labute approximate surface area is 125 Å². The van der Waals surface area contributed by atoms with Crippen molar-refractivity contribution in [1.82, 2.24) is 10.2 Å². The lowest BCUT2D eigenvalue weighted by Crippen LogP contribution is -2.39. The predicted octanol–water partition coefficient (Wildman–Crippen LogP) is 3.66. The van der Waals surface area contributed by atoms with Crippen molar-refractivity contribution in [3.63, 3.8) is 0 Å². The molecule has 0 aromatic heterocycles. The lowest BCUT2D eigenvalue weighted by Gasteiger charge is -2.30. The van der Waals surface area contributed by atoms with Gasteiger partial charge in [0.05, 0.1) is 0 Å². The van der Waals surface area contributed by atoms with Gasteiger partial charge in [-0.2, -0.15) is 0 Å². The fourth-order valence-corrected chi connectivity index (χ4v) is 2.69. The van der Waals surface area contributed by atoms with Gasteiger partial charge in [-0.05, 0) is 50.9 Å². The van der Waals surface area contributed by atoms with Gasteiger partial charge < -0.3 is 5.32 Å². The highest BCUT2D eigenvalue weighted by Gasteiger charge is 2.23. The zero-order valence-corrected chi connectivity index (χ0v) is 13.8. The highest BCUT2D eigenvalue weighted by molar-refractivity contribution is 9.10. The Morgan fingerprint density at radius 3 is 2.63 bits per heavy atom. The first kappa shape index (κ1) is 15.0. The molecule has 0 saturated heterocycles. The molecular formula is C16H25BrN2. The quantitative estimate of drug-likeness (QED) is 0.823. The lowest BCUT2D eigenvalue weighted by atomic mass is 10.0. The van der Waals surface area contributed by atoms with Crippen LogP contribution in [0.2, 0.25) is 0 Å². The maximum absolute atomic E-state index is 3.63. The molecule has 0 aliphatic heterocycles. The highest BCUT2D eigenvalue weighted by Crippen LogP contribution is 2.21. The number of hydrogen-bond donors (Lipinski definition) is 1. The summed E-state index contributed by atoms with van der Waals surface area (Å²) >= 11 is 3.63. The van der Waals surface area contributed by atoms with Gasteiger partial charge >= 0.3 is 0 Å². The van der Waals surface area contributed by atoms with E-state index in [2.05, 4.69) is 71.3 Å². The van der Waals surface area contributed by atoms with Crippen LogP contribution in [0.1, 0.15) is 32.3 Å². The predicted molar refractivity (Wildman–Crippen MR) is 85.3 cm³/mol. The van der Waals surface area contributed by atoms with Crippen molar-refractivity contribution >= 4 is 15.9 Å². The maximum atomic E-state index is 3.63. The molecular weight excluding hydrogens is 300 g/mol. The third kappa shape index (κ3) is 4.59. The minimum atomic E-state index is 0.582. The van der Waals surface area contributed by atoms with Gasteiger partial charge in [0, 0.05) is 23.1 Å². The smallest absolute Gasteiger partial charge is 0.0244 e. The number of rotatable bonds is 7. The molecule has 0 radical (unpaired) electrons. The van der Waals surface area contributed by atoms with Crippen molar-refractivity contribution in [3.05, 3.63) is 34.3 Å². The monoisotopic (exact) mass is 324 g/mol. The molecule has 1 aromatic carbocycles. The molecule has 0 bridgehead atoms. The van der Waals surface area contributed by atoms with E-state index in [0.29, 0.717) is 12.0 Å². The summed E-state index contributed by atoms with van der Waals surface area (Å²) in [4.78, 5) is 2.44. The summed E-state index contributed by atoms with van der Waals surface area (Å²) in [5, 5.41) is 3.63. The average molecular weight is 325 g/mol. The van der Waals surface area contributed by atoms with Crippen molar-refractivity contribution in [2.24, 2.45) is 5.92 Å². The summed E-state index contributed by atoms with van der Waals surface area (Å²) in [5.74, 6) is 0.674. The molecule has 2 unspecified atom stereocenters. The first-order valence-corrected chi connectivity index (χ1v) is 8.04. The Balaban J connectivity index is 1.83. The second-order valence-electron chi connectivity index (χ2n) is 5.91. The van der Waals surface area contributed by atoms with Crippen LogP contribution >= 0.6 is 15.9 Å². The summed E-state index contributed by atoms with van der Waals surface area (Å²) in [6, 6.07) is 9.88. The fraction of sp³-hybridized carbons (Fsp3) is 0.625. The van der Waals surface area contributed by atoms with Crippen LogP contribution in [0.15, 0.2) is 28.7 Å². The van der Waals surface area contributed by atoms with Gasteiger partial charge in [0.25, 0.3) is 0 Å². The van der Waals surface area contributed by atoms with Gasteiger partial charge in [0.15, 0.2) is 0 Å². The van der Waals surface area contributed by atoms with E-state index >= 15 is 0 Å². The summed E-state index contributed by atoms with van der Waals surface area (Å²) < 4.78 is 1.21. The zero-order chi connectivity index (χ0) is 13.8. The van der Waals surface area contributed by atoms with Crippen molar-refractivity contribution < 1.29 is 0 Å². The molecule has 106 valence electrons. The van der Waals surface area contributed by atoms with Crippen molar-refractivity contribution in [3.8, 4) is 0 Å². The third-order valence-electron chi connectivity index (χ3n) is 4.20. The molecule has 1 aliphatic carbocycles. The number of halogens is 1. The lowest BCUT2D eigenvalue weighted by molar-refractivity contribution is 0.188. The van der Waals surface area contributed by atoms with E-state index in [9.17, 15) is 0 Å². The molecule has 1 aromatic rings. The van der Waals surface area contributed by atoms with Crippen molar-refractivity contribution in [1.29, 1.82) is 0 Å². The molecule has 2 atom stereocenters. The molecule has 1 N–H and O–H groups in total.